The lowest BCUT2D eigenvalue weighted by molar-refractivity contribution is 0.177. The zero-order valence-electron chi connectivity index (χ0n) is 5.58. The van der Waals surface area contributed by atoms with Crippen LogP contribution in [0.15, 0.2) is 0 Å². The lowest BCUT2D eigenvalue weighted by Gasteiger charge is -2.11. The molecule has 1 N–H and O–H groups in total. The molecule has 2 aliphatic heterocycles. The van der Waals surface area contributed by atoms with Crippen molar-refractivity contribution in [1.82, 2.24) is 4.90 Å². The molecule has 2 aliphatic rings. The fraction of sp³-hybridized carbons (Fsp3) is 1.00. The van der Waals surface area contributed by atoms with Crippen LogP contribution < -0.4 is 0 Å². The van der Waals surface area contributed by atoms with Crippen LogP contribution in [0.1, 0.15) is 19.3 Å². The van der Waals surface area contributed by atoms with Gasteiger partial charge in [-0.15, -0.1) is 0 Å². The zero-order valence-corrected chi connectivity index (χ0v) is 5.58. The summed E-state index contributed by atoms with van der Waals surface area (Å²) in [5.74, 6) is 0. The van der Waals surface area contributed by atoms with Crippen LogP contribution in [0.3, 0.4) is 0 Å². The van der Waals surface area contributed by atoms with Gasteiger partial charge in [0.2, 0.25) is 0 Å². The fourth-order valence-corrected chi connectivity index (χ4v) is 2.06. The van der Waals surface area contributed by atoms with Crippen molar-refractivity contribution in [3.63, 3.8) is 0 Å². The maximum atomic E-state index is 9.19. The zero-order chi connectivity index (χ0) is 6.27. The maximum absolute atomic E-state index is 9.19. The third kappa shape index (κ3) is 0.864. The average molecular weight is 127 g/mol. The number of hydrogen-bond donors (Lipinski definition) is 1. The van der Waals surface area contributed by atoms with Gasteiger partial charge in [-0.25, -0.2) is 0 Å². The van der Waals surface area contributed by atoms with Gasteiger partial charge in [0.1, 0.15) is 0 Å². The summed E-state index contributed by atoms with van der Waals surface area (Å²) in [7, 11) is 0. The molecule has 2 fully saturated rings. The molecule has 9 heavy (non-hydrogen) atoms. The molecule has 0 spiro atoms. The summed E-state index contributed by atoms with van der Waals surface area (Å²) in [4.78, 5) is 2.41. The molecule has 0 radical (unpaired) electrons. The molecule has 0 saturated carbocycles. The van der Waals surface area contributed by atoms with E-state index in [9.17, 15) is 5.11 Å². The number of aliphatic hydroxyl groups is 1. The van der Waals surface area contributed by atoms with Gasteiger partial charge in [0.15, 0.2) is 0 Å². The van der Waals surface area contributed by atoms with Crippen LogP contribution in [0.4, 0.5) is 0 Å². The Hall–Kier alpha value is -0.0800. The molecule has 1 unspecified atom stereocenters. The topological polar surface area (TPSA) is 23.5 Å². The summed E-state index contributed by atoms with van der Waals surface area (Å²) in [5, 5.41) is 9.19. The Morgan fingerprint density at radius 1 is 1.44 bits per heavy atom. The number of rotatable bonds is 0. The van der Waals surface area contributed by atoms with Crippen molar-refractivity contribution < 1.29 is 5.11 Å². The summed E-state index contributed by atoms with van der Waals surface area (Å²) in [6.07, 6.45) is 3.67. The first-order valence-corrected chi connectivity index (χ1v) is 3.78. The predicted molar refractivity (Wildman–Crippen MR) is 35.2 cm³/mol. The highest BCUT2D eigenvalue weighted by Gasteiger charge is 2.33. The molecule has 0 bridgehead atoms. The van der Waals surface area contributed by atoms with Crippen LogP contribution in [-0.4, -0.2) is 35.2 Å². The minimum absolute atomic E-state index is 0.0182. The molecule has 2 heteroatoms. The first kappa shape index (κ1) is 5.69. The van der Waals surface area contributed by atoms with Gasteiger partial charge in [-0.05, 0) is 25.8 Å². The van der Waals surface area contributed by atoms with Crippen LogP contribution >= 0.6 is 0 Å². The molecule has 2 rings (SSSR count). The molecular formula is C7H13NO. The molecule has 0 aromatic rings. The number of aliphatic hydroxyl groups excluding tert-OH is 1. The molecule has 0 aromatic heterocycles. The molecule has 2 saturated heterocycles. The van der Waals surface area contributed by atoms with Crippen LogP contribution in [0.2, 0.25) is 0 Å². The second-order valence-corrected chi connectivity index (χ2v) is 3.18. The fourth-order valence-electron chi connectivity index (χ4n) is 2.06. The summed E-state index contributed by atoms with van der Waals surface area (Å²) in [6, 6.07) is 0.736. The largest absolute Gasteiger partial charge is 0.392 e. The highest BCUT2D eigenvalue weighted by atomic mass is 16.3. The quantitative estimate of drug-likeness (QED) is 0.503. The Labute approximate surface area is 55.5 Å². The molecule has 2 atom stereocenters. The molecule has 0 amide bonds. The van der Waals surface area contributed by atoms with Gasteiger partial charge in [-0.3, -0.25) is 4.90 Å². The van der Waals surface area contributed by atoms with Crippen molar-refractivity contribution in [2.24, 2.45) is 0 Å². The van der Waals surface area contributed by atoms with Gasteiger partial charge in [-0.1, -0.05) is 0 Å². The summed E-state index contributed by atoms with van der Waals surface area (Å²) in [6.45, 7) is 2.16. The van der Waals surface area contributed by atoms with Crippen molar-refractivity contribution in [3.8, 4) is 0 Å². The Morgan fingerprint density at radius 2 is 2.33 bits per heavy atom. The molecule has 2 nitrogen and oxygen atoms in total. The van der Waals surface area contributed by atoms with E-state index in [1.807, 2.05) is 0 Å². The maximum Gasteiger partial charge on any atom is 0.0682 e. The van der Waals surface area contributed by atoms with Crippen LogP contribution in [-0.2, 0) is 0 Å². The Kier molecular flexibility index (Phi) is 1.24. The van der Waals surface area contributed by atoms with E-state index in [2.05, 4.69) is 4.90 Å². The van der Waals surface area contributed by atoms with E-state index in [1.54, 1.807) is 0 Å². The second kappa shape index (κ2) is 1.96. The molecule has 0 aromatic carbocycles. The molecule has 0 aliphatic carbocycles. The van der Waals surface area contributed by atoms with Gasteiger partial charge < -0.3 is 5.11 Å². The standard InChI is InChI=1S/C7H13NO/c9-7-4-6-2-1-3-8(6)5-7/h6-7,9H,1-5H2/t6?,7-/m0/s1. The Balaban J connectivity index is 2.02. The Morgan fingerprint density at radius 3 is 3.11 bits per heavy atom. The van der Waals surface area contributed by atoms with Crippen molar-refractivity contribution in [3.05, 3.63) is 0 Å². The predicted octanol–water partition coefficient (Wildman–Crippen LogP) is 0.215. The third-order valence-electron chi connectivity index (χ3n) is 2.49. The van der Waals surface area contributed by atoms with Crippen molar-refractivity contribution in [2.45, 2.75) is 31.4 Å². The normalized spacial score (nSPS) is 43.7. The van der Waals surface area contributed by atoms with E-state index in [1.165, 1.54) is 19.4 Å². The smallest absolute Gasteiger partial charge is 0.0682 e. The van der Waals surface area contributed by atoms with Crippen molar-refractivity contribution in [2.75, 3.05) is 13.1 Å². The highest BCUT2D eigenvalue weighted by molar-refractivity contribution is 4.89. The third-order valence-corrected chi connectivity index (χ3v) is 2.49. The number of hydrogen-bond acceptors (Lipinski definition) is 2. The van der Waals surface area contributed by atoms with E-state index in [-0.39, 0.29) is 6.10 Å². The molecular weight excluding hydrogens is 114 g/mol. The second-order valence-electron chi connectivity index (χ2n) is 3.18. The first-order valence-electron chi connectivity index (χ1n) is 3.78. The van der Waals surface area contributed by atoms with Crippen molar-refractivity contribution >= 4 is 0 Å². The van der Waals surface area contributed by atoms with Gasteiger partial charge >= 0.3 is 0 Å². The van der Waals surface area contributed by atoms with E-state index in [4.69, 9.17) is 0 Å². The summed E-state index contributed by atoms with van der Waals surface area (Å²) < 4.78 is 0. The minimum Gasteiger partial charge on any atom is -0.392 e. The van der Waals surface area contributed by atoms with Crippen molar-refractivity contribution in [1.29, 1.82) is 0 Å². The van der Waals surface area contributed by atoms with E-state index >= 15 is 0 Å². The monoisotopic (exact) mass is 127 g/mol. The highest BCUT2D eigenvalue weighted by Crippen LogP contribution is 2.27. The summed E-state index contributed by atoms with van der Waals surface area (Å²) in [5.41, 5.74) is 0. The van der Waals surface area contributed by atoms with Crippen LogP contribution in [0.25, 0.3) is 0 Å². The first-order chi connectivity index (χ1) is 4.36. The van der Waals surface area contributed by atoms with Gasteiger partial charge in [0.05, 0.1) is 6.10 Å². The van der Waals surface area contributed by atoms with Gasteiger partial charge in [0, 0.05) is 12.6 Å². The minimum atomic E-state index is -0.0182. The SMILES string of the molecule is O[C@H]1CC2CCCN2C1. The molecule has 2 heterocycles. The van der Waals surface area contributed by atoms with Crippen LogP contribution in [0.5, 0.6) is 0 Å². The van der Waals surface area contributed by atoms with Gasteiger partial charge in [0.25, 0.3) is 0 Å². The van der Waals surface area contributed by atoms with E-state index in [0.29, 0.717) is 0 Å². The van der Waals surface area contributed by atoms with Gasteiger partial charge in [-0.2, -0.15) is 0 Å². The Bertz CT molecular complexity index is 103. The number of nitrogens with zero attached hydrogens (tertiary/aromatic N) is 1. The average Bonchev–Trinajstić information content (AvgIpc) is 2.22. The van der Waals surface area contributed by atoms with E-state index in [0.717, 1.165) is 19.0 Å². The van der Waals surface area contributed by atoms with Crippen LogP contribution in [0, 0.1) is 0 Å². The lowest BCUT2D eigenvalue weighted by Crippen LogP contribution is -2.23. The summed E-state index contributed by atoms with van der Waals surface area (Å²) >= 11 is 0. The van der Waals surface area contributed by atoms with E-state index < -0.39 is 0 Å². The molecule has 52 valence electrons. The number of fused-ring (bicyclic) bond motifs is 1. The lowest BCUT2D eigenvalue weighted by atomic mass is 10.1.